The summed E-state index contributed by atoms with van der Waals surface area (Å²) in [6.07, 6.45) is 12.4. The van der Waals surface area contributed by atoms with Crippen molar-refractivity contribution in [3.05, 3.63) is 70.6 Å². The average Bonchev–Trinajstić information content (AvgIpc) is 3.74. The van der Waals surface area contributed by atoms with Crippen LogP contribution in [0.5, 0.6) is 0 Å². The first-order chi connectivity index (χ1) is 20.0. The highest BCUT2D eigenvalue weighted by Crippen LogP contribution is 2.57. The predicted molar refractivity (Wildman–Crippen MR) is 156 cm³/mol. The van der Waals surface area contributed by atoms with Gasteiger partial charge in [-0.3, -0.25) is 4.90 Å². The fraction of sp³-hybridized carbons (Fsp3) is 0.629. The second-order valence-electron chi connectivity index (χ2n) is 13.5. The highest BCUT2D eigenvalue weighted by Gasteiger charge is 2.56. The maximum absolute atomic E-state index is 12.5. The van der Waals surface area contributed by atoms with E-state index in [4.69, 9.17) is 14.2 Å². The van der Waals surface area contributed by atoms with Crippen LogP contribution in [0.2, 0.25) is 0 Å². The molecular weight excluding hydrogens is 514 g/mol. The zero-order valence-electron chi connectivity index (χ0n) is 24.8. The van der Waals surface area contributed by atoms with E-state index in [0.29, 0.717) is 46.5 Å². The van der Waals surface area contributed by atoms with Crippen molar-refractivity contribution in [2.45, 2.75) is 95.7 Å². The molecule has 6 aliphatic rings. The maximum Gasteiger partial charge on any atom is 0.343 e. The first-order valence-electron chi connectivity index (χ1n) is 16.0. The third-order valence-corrected chi connectivity index (χ3v) is 11.4. The molecule has 0 radical (unpaired) electrons. The predicted octanol–water partition coefficient (Wildman–Crippen LogP) is 6.44. The monoisotopic (exact) mass is 559 g/mol. The number of rotatable bonds is 5. The number of aliphatic hydroxyl groups is 1. The molecule has 2 aliphatic carbocycles. The van der Waals surface area contributed by atoms with E-state index in [9.17, 15) is 9.90 Å². The van der Waals surface area contributed by atoms with E-state index in [2.05, 4.69) is 48.2 Å². The smallest absolute Gasteiger partial charge is 0.343 e. The molecule has 2 saturated heterocycles. The number of hydrogen-bond donors (Lipinski definition) is 1. The molecule has 4 heterocycles. The lowest BCUT2D eigenvalue weighted by Gasteiger charge is -2.52. The van der Waals surface area contributed by atoms with Crippen molar-refractivity contribution in [1.82, 2.24) is 4.90 Å². The van der Waals surface area contributed by atoms with Crippen LogP contribution in [0.4, 0.5) is 0 Å². The summed E-state index contributed by atoms with van der Waals surface area (Å²) in [4.78, 5) is 15.2. The number of cyclic esters (lactones) is 1. The fourth-order valence-electron chi connectivity index (χ4n) is 9.65. The summed E-state index contributed by atoms with van der Waals surface area (Å²) < 4.78 is 17.9. The number of piperidine rings is 1. The van der Waals surface area contributed by atoms with Gasteiger partial charge in [-0.05, 0) is 74.3 Å². The molecule has 0 unspecified atom stereocenters. The van der Waals surface area contributed by atoms with Crippen LogP contribution < -0.4 is 0 Å². The third kappa shape index (κ3) is 4.57. The number of benzene rings is 1. The molecule has 8 atom stereocenters. The van der Waals surface area contributed by atoms with E-state index < -0.39 is 0 Å². The Morgan fingerprint density at radius 2 is 1.85 bits per heavy atom. The molecule has 6 heteroatoms. The number of methoxy groups -OCH3 is 1. The number of hydrogen-bond acceptors (Lipinski definition) is 6. The molecule has 0 amide bonds. The van der Waals surface area contributed by atoms with Crippen LogP contribution in [0, 0.1) is 29.6 Å². The van der Waals surface area contributed by atoms with Crippen LogP contribution in [0.1, 0.15) is 83.1 Å². The van der Waals surface area contributed by atoms with E-state index >= 15 is 0 Å². The molecule has 4 fully saturated rings. The van der Waals surface area contributed by atoms with E-state index in [1.54, 1.807) is 14.0 Å². The highest BCUT2D eigenvalue weighted by atomic mass is 16.6. The molecule has 4 aliphatic heterocycles. The number of allylic oxidation sites excluding steroid dienone is 1. The molecule has 41 heavy (non-hydrogen) atoms. The minimum atomic E-state index is -0.366. The zero-order valence-corrected chi connectivity index (χ0v) is 24.8. The van der Waals surface area contributed by atoms with Gasteiger partial charge in [0.2, 0.25) is 5.76 Å². The highest BCUT2D eigenvalue weighted by molar-refractivity contribution is 5.93. The first kappa shape index (κ1) is 27.3. The Hall–Kier alpha value is -2.57. The lowest BCUT2D eigenvalue weighted by molar-refractivity contribution is -0.133. The molecule has 7 rings (SSSR count). The maximum atomic E-state index is 12.5. The summed E-state index contributed by atoms with van der Waals surface area (Å²) in [7, 11) is 1.58. The lowest BCUT2D eigenvalue weighted by Crippen LogP contribution is -2.60. The normalized spacial score (nSPS) is 38.1. The van der Waals surface area contributed by atoms with Crippen LogP contribution in [-0.4, -0.2) is 47.8 Å². The van der Waals surface area contributed by atoms with Gasteiger partial charge in [-0.1, -0.05) is 62.9 Å². The van der Waals surface area contributed by atoms with E-state index in [1.807, 2.05) is 0 Å². The van der Waals surface area contributed by atoms with Crippen molar-refractivity contribution >= 4 is 5.97 Å². The van der Waals surface area contributed by atoms with Crippen LogP contribution >= 0.6 is 0 Å². The second kappa shape index (κ2) is 10.9. The molecule has 2 saturated carbocycles. The zero-order chi connectivity index (χ0) is 28.2. The molecule has 0 aromatic heterocycles. The summed E-state index contributed by atoms with van der Waals surface area (Å²) in [6, 6.07) is 11.5. The second-order valence-corrected chi connectivity index (χ2v) is 13.5. The Morgan fingerprint density at radius 3 is 2.61 bits per heavy atom. The quantitative estimate of drug-likeness (QED) is 0.419. The van der Waals surface area contributed by atoms with Crippen molar-refractivity contribution in [3.63, 3.8) is 0 Å². The van der Waals surface area contributed by atoms with Gasteiger partial charge < -0.3 is 19.3 Å². The number of nitrogens with zero attached hydrogens (tertiary/aromatic N) is 1. The molecule has 1 N–H and O–H groups in total. The van der Waals surface area contributed by atoms with Crippen molar-refractivity contribution in [2.75, 3.05) is 13.7 Å². The van der Waals surface area contributed by atoms with Crippen LogP contribution in [0.15, 0.2) is 65.0 Å². The standard InChI is InChI=1S/C35H45NO5/c1-20-30-27-19-26-24(23-12-5-4-6-13-23)15-16-25(26)31(28(37)18-22-10-7-8-11-22)36(27)17-9-14-29(30)40-33(20)34-32(39-3)21(2)35(38)41-34/h4-6,12-14,20,22,24-28,30-31,37H,7-11,15-19H2,1-3H3/t20-,24+,25-,26+,27-,28-,30+,31-/m0/s1. The first-order valence-corrected chi connectivity index (χ1v) is 16.0. The minimum absolute atomic E-state index is 0.0338. The van der Waals surface area contributed by atoms with E-state index in [1.165, 1.54) is 44.1 Å². The van der Waals surface area contributed by atoms with Gasteiger partial charge in [0.15, 0.2) is 11.5 Å². The number of carbonyl (C=O) groups is 1. The lowest BCUT2D eigenvalue weighted by atomic mass is 9.68. The number of esters is 1. The Morgan fingerprint density at radius 1 is 1.07 bits per heavy atom. The van der Waals surface area contributed by atoms with Gasteiger partial charge in [-0.15, -0.1) is 0 Å². The third-order valence-electron chi connectivity index (χ3n) is 11.4. The topological polar surface area (TPSA) is 68.2 Å². The van der Waals surface area contributed by atoms with Gasteiger partial charge >= 0.3 is 5.97 Å². The molecule has 220 valence electrons. The number of fused-ring (bicyclic) bond motifs is 4. The van der Waals surface area contributed by atoms with Gasteiger partial charge in [-0.25, -0.2) is 4.79 Å². The van der Waals surface area contributed by atoms with Crippen molar-refractivity contribution in [1.29, 1.82) is 0 Å². The van der Waals surface area contributed by atoms with Gasteiger partial charge in [0.05, 0.1) is 18.8 Å². The van der Waals surface area contributed by atoms with Gasteiger partial charge in [-0.2, -0.15) is 0 Å². The summed E-state index contributed by atoms with van der Waals surface area (Å²) in [6.45, 7) is 4.91. The average molecular weight is 560 g/mol. The summed E-state index contributed by atoms with van der Waals surface area (Å²) in [5.41, 5.74) is 1.93. The van der Waals surface area contributed by atoms with Gasteiger partial charge in [0, 0.05) is 30.5 Å². The summed E-state index contributed by atoms with van der Waals surface area (Å²) >= 11 is 0. The van der Waals surface area contributed by atoms with E-state index in [0.717, 1.165) is 31.6 Å². The van der Waals surface area contributed by atoms with Crippen LogP contribution in [0.3, 0.4) is 0 Å². The van der Waals surface area contributed by atoms with Crippen molar-refractivity contribution in [3.8, 4) is 0 Å². The molecule has 1 aromatic carbocycles. The van der Waals surface area contributed by atoms with Gasteiger partial charge in [0.1, 0.15) is 5.76 Å². The number of carbonyl (C=O) groups excluding carboxylic acids is 1. The summed E-state index contributed by atoms with van der Waals surface area (Å²) in [5.74, 6) is 4.67. The minimum Gasteiger partial charge on any atom is -0.492 e. The molecular formula is C35H45NO5. The Bertz CT molecular complexity index is 1260. The van der Waals surface area contributed by atoms with E-state index in [-0.39, 0.29) is 36.0 Å². The number of aliphatic hydroxyl groups excluding tert-OH is 1. The van der Waals surface area contributed by atoms with Crippen molar-refractivity contribution in [2.24, 2.45) is 29.6 Å². The van der Waals surface area contributed by atoms with Crippen molar-refractivity contribution < 1.29 is 24.1 Å². The number of ether oxygens (including phenoxy) is 3. The SMILES string of the molecule is COC1=C(C)C(=O)OC1=C1OC2=CCCN3[C@H]([C@@H](O)CC4CCCC4)[C@H]4CC[C@H](c5ccccc5)[C@H]4C[C@H]3[C@H]2[C@@H]1C. The molecule has 6 nitrogen and oxygen atoms in total. The largest absolute Gasteiger partial charge is 0.492 e. The molecule has 0 spiro atoms. The van der Waals surface area contributed by atoms with Crippen LogP contribution in [-0.2, 0) is 19.0 Å². The fourth-order valence-corrected chi connectivity index (χ4v) is 9.65. The summed E-state index contributed by atoms with van der Waals surface area (Å²) in [5, 5.41) is 12.0. The molecule has 1 aromatic rings. The Labute approximate surface area is 244 Å². The van der Waals surface area contributed by atoms with Crippen LogP contribution in [0.25, 0.3) is 0 Å². The Kier molecular flexibility index (Phi) is 7.27. The Balaban J connectivity index is 1.26. The van der Waals surface area contributed by atoms with Gasteiger partial charge in [0.25, 0.3) is 0 Å². The molecule has 0 bridgehead atoms.